The third kappa shape index (κ3) is 4.67. The summed E-state index contributed by atoms with van der Waals surface area (Å²) in [6.07, 6.45) is -11.3. The van der Waals surface area contributed by atoms with Crippen molar-refractivity contribution in [3.8, 4) is 0 Å². The van der Waals surface area contributed by atoms with Crippen LogP contribution in [0.5, 0.6) is 0 Å². The van der Waals surface area contributed by atoms with E-state index in [-0.39, 0.29) is 0 Å². The van der Waals surface area contributed by atoms with E-state index in [0.29, 0.717) is 6.08 Å². The van der Waals surface area contributed by atoms with Crippen LogP contribution < -0.4 is 5.32 Å². The first-order chi connectivity index (χ1) is 14.2. The van der Waals surface area contributed by atoms with Gasteiger partial charge in [0.1, 0.15) is 0 Å². The summed E-state index contributed by atoms with van der Waals surface area (Å²) >= 11 is 0. The van der Waals surface area contributed by atoms with Crippen LogP contribution in [0.15, 0.2) is 12.7 Å². The van der Waals surface area contributed by atoms with Gasteiger partial charge in [0.15, 0.2) is 0 Å². The Balaban J connectivity index is 6.26. The van der Waals surface area contributed by atoms with Crippen molar-refractivity contribution in [2.24, 2.45) is 0 Å². The van der Waals surface area contributed by atoms with Gasteiger partial charge < -0.3 is 5.32 Å². The number of hydrogen-bond donors (Lipinski definition) is 1. The Morgan fingerprint density at radius 3 is 1.27 bits per heavy atom. The van der Waals surface area contributed by atoms with Gasteiger partial charge in [0.25, 0.3) is 0 Å². The molecule has 0 aliphatic carbocycles. The molecule has 1 amide bonds. The van der Waals surface area contributed by atoms with Crippen LogP contribution in [0.1, 0.15) is 12.8 Å². The van der Waals surface area contributed by atoms with Gasteiger partial charge in [0.05, 0.1) is 0 Å². The van der Waals surface area contributed by atoms with Crippen molar-refractivity contribution in [1.82, 2.24) is 5.32 Å². The summed E-state index contributed by atoms with van der Waals surface area (Å²) in [5.74, 6) is -57.5. The molecule has 0 unspecified atom stereocenters. The Bertz CT molecular complexity index is 724. The van der Waals surface area contributed by atoms with E-state index in [9.17, 15) is 79.4 Å². The lowest BCUT2D eigenvalue weighted by Gasteiger charge is -2.42. The molecule has 0 heterocycles. The summed E-state index contributed by atoms with van der Waals surface area (Å²) in [6, 6.07) is 0. The minimum atomic E-state index is -8.64. The predicted octanol–water partition coefficient (Wildman–Crippen LogP) is 6.08. The van der Waals surface area contributed by atoms with Crippen molar-refractivity contribution in [2.45, 2.75) is 60.5 Å². The lowest BCUT2D eigenvalue weighted by Crippen LogP contribution is -2.74. The Kier molecular flexibility index (Phi) is 8.14. The smallest absolute Gasteiger partial charge is 0.353 e. The fraction of sp³-hybridized carbons (Fsp3) is 0.786. The summed E-state index contributed by atoms with van der Waals surface area (Å²) in [4.78, 5) is 10.7. The molecule has 0 aromatic heterocycles. The SMILES string of the molecule is C=CC(=O)NCCCC(F)(F)C(F)(F)C(F)(F)C(F)(F)C(F)(F)C(F)(F)C(F)(F)C(F)(F)F. The lowest BCUT2D eigenvalue weighted by atomic mass is 9.88. The second-order valence-electron chi connectivity index (χ2n) is 6.25. The average Bonchev–Trinajstić information content (AvgIpc) is 2.62. The van der Waals surface area contributed by atoms with Crippen LogP contribution in [0, 0.1) is 0 Å². The molecular weight excluding hydrogens is 521 g/mol. The zero-order chi connectivity index (χ0) is 27.1. The van der Waals surface area contributed by atoms with Gasteiger partial charge in [-0.2, -0.15) is 74.6 Å². The minimum absolute atomic E-state index is 0.500. The topological polar surface area (TPSA) is 29.1 Å². The molecule has 0 bridgehead atoms. The number of carbonyl (C=O) groups excluding carboxylic acids is 1. The molecule has 19 heteroatoms. The fourth-order valence-electron chi connectivity index (χ4n) is 1.95. The van der Waals surface area contributed by atoms with Crippen molar-refractivity contribution < 1.29 is 79.4 Å². The molecule has 33 heavy (non-hydrogen) atoms. The van der Waals surface area contributed by atoms with Crippen LogP contribution >= 0.6 is 0 Å². The van der Waals surface area contributed by atoms with Crippen LogP contribution in [-0.4, -0.2) is 60.1 Å². The van der Waals surface area contributed by atoms with Crippen LogP contribution in [0.4, 0.5) is 74.6 Å². The lowest BCUT2D eigenvalue weighted by molar-refractivity contribution is -0.461. The first-order valence-corrected chi connectivity index (χ1v) is 7.82. The molecule has 0 saturated carbocycles. The summed E-state index contributed by atoms with van der Waals surface area (Å²) in [7, 11) is 0. The highest BCUT2D eigenvalue weighted by Crippen LogP contribution is 2.64. The number of amides is 1. The molecule has 0 radical (unpaired) electrons. The van der Waals surface area contributed by atoms with Crippen molar-refractivity contribution in [3.05, 3.63) is 12.7 Å². The van der Waals surface area contributed by atoms with Crippen molar-refractivity contribution in [3.63, 3.8) is 0 Å². The second kappa shape index (κ2) is 8.66. The maximum Gasteiger partial charge on any atom is 0.460 e. The van der Waals surface area contributed by atoms with Gasteiger partial charge >= 0.3 is 47.6 Å². The highest BCUT2D eigenvalue weighted by atomic mass is 19.4. The zero-order valence-corrected chi connectivity index (χ0v) is 15.2. The van der Waals surface area contributed by atoms with Crippen LogP contribution in [0.3, 0.4) is 0 Å². The molecule has 0 aliphatic rings. The number of rotatable bonds is 11. The third-order valence-corrected chi connectivity index (χ3v) is 3.94. The van der Waals surface area contributed by atoms with Gasteiger partial charge in [-0.05, 0) is 12.5 Å². The van der Waals surface area contributed by atoms with E-state index in [4.69, 9.17) is 0 Å². The van der Waals surface area contributed by atoms with E-state index in [1.165, 1.54) is 0 Å². The van der Waals surface area contributed by atoms with E-state index in [2.05, 4.69) is 6.58 Å². The van der Waals surface area contributed by atoms with E-state index in [1.807, 2.05) is 0 Å². The highest BCUT2D eigenvalue weighted by molar-refractivity contribution is 5.86. The molecular formula is C14H10F17NO. The van der Waals surface area contributed by atoms with Crippen LogP contribution in [0.2, 0.25) is 0 Å². The molecule has 0 aromatic rings. The third-order valence-electron chi connectivity index (χ3n) is 3.94. The first kappa shape index (κ1) is 31.0. The Morgan fingerprint density at radius 2 is 0.939 bits per heavy atom. The Hall–Kier alpha value is -1.98. The zero-order valence-electron chi connectivity index (χ0n) is 15.2. The van der Waals surface area contributed by atoms with Crippen LogP contribution in [-0.2, 0) is 4.79 Å². The molecule has 0 spiro atoms. The average molecular weight is 531 g/mol. The molecule has 0 rings (SSSR count). The molecule has 1 N–H and O–H groups in total. The van der Waals surface area contributed by atoms with E-state index >= 15 is 0 Å². The fourth-order valence-corrected chi connectivity index (χ4v) is 1.95. The van der Waals surface area contributed by atoms with E-state index in [0.717, 1.165) is 0 Å². The molecule has 0 atom stereocenters. The van der Waals surface area contributed by atoms with Gasteiger partial charge in [-0.25, -0.2) is 0 Å². The maximum absolute atomic E-state index is 13.5. The first-order valence-electron chi connectivity index (χ1n) is 7.82. The number of halogens is 17. The van der Waals surface area contributed by atoms with Crippen molar-refractivity contribution >= 4 is 5.91 Å². The highest BCUT2D eigenvalue weighted by Gasteiger charge is 2.95. The molecule has 0 saturated heterocycles. The Morgan fingerprint density at radius 1 is 0.606 bits per heavy atom. The van der Waals surface area contributed by atoms with Crippen molar-refractivity contribution in [2.75, 3.05) is 6.54 Å². The number of carbonyl (C=O) groups is 1. The van der Waals surface area contributed by atoms with E-state index < -0.39 is 72.9 Å². The molecule has 0 aliphatic heterocycles. The van der Waals surface area contributed by atoms with Gasteiger partial charge in [-0.3, -0.25) is 4.79 Å². The van der Waals surface area contributed by atoms with Gasteiger partial charge in [-0.15, -0.1) is 0 Å². The summed E-state index contributed by atoms with van der Waals surface area (Å²) in [5.41, 5.74) is 0. The molecule has 2 nitrogen and oxygen atoms in total. The molecule has 0 aromatic carbocycles. The largest absolute Gasteiger partial charge is 0.460 e. The standard InChI is InChI=1S/C14H10F17NO/c1-2-6(33)32-5-3-4-7(15,16)8(17,18)9(19,20)10(21,22)11(23,24)12(25,26)13(27,28)14(29,30)31/h2H,1,3-5H2,(H,32,33). The second-order valence-corrected chi connectivity index (χ2v) is 6.25. The predicted molar refractivity (Wildman–Crippen MR) is 73.1 cm³/mol. The van der Waals surface area contributed by atoms with Gasteiger partial charge in [-0.1, -0.05) is 6.58 Å². The Labute approximate surface area is 171 Å². The number of nitrogens with one attached hydrogen (secondary N) is 1. The minimum Gasteiger partial charge on any atom is -0.353 e. The van der Waals surface area contributed by atoms with Gasteiger partial charge in [0.2, 0.25) is 5.91 Å². The summed E-state index contributed by atoms with van der Waals surface area (Å²) in [6.45, 7) is 1.81. The van der Waals surface area contributed by atoms with Crippen LogP contribution in [0.25, 0.3) is 0 Å². The molecule has 196 valence electrons. The van der Waals surface area contributed by atoms with Gasteiger partial charge in [0, 0.05) is 13.0 Å². The monoisotopic (exact) mass is 531 g/mol. The summed E-state index contributed by atoms with van der Waals surface area (Å²) in [5, 5.41) is 1.62. The van der Waals surface area contributed by atoms with E-state index in [1.54, 1.807) is 5.32 Å². The number of hydrogen-bond acceptors (Lipinski definition) is 1. The van der Waals surface area contributed by atoms with Crippen molar-refractivity contribution in [1.29, 1.82) is 0 Å². The quantitative estimate of drug-likeness (QED) is 0.196. The summed E-state index contributed by atoms with van der Waals surface area (Å²) < 4.78 is 221. The number of alkyl halides is 17. The maximum atomic E-state index is 13.5. The molecule has 0 fully saturated rings. The normalized spacial score (nSPS) is 15.4.